The second kappa shape index (κ2) is 13.7. The number of benzene rings is 3. The van der Waals surface area contributed by atoms with Gasteiger partial charge in [-0.25, -0.2) is 13.2 Å². The van der Waals surface area contributed by atoms with Crippen LogP contribution in [0, 0.1) is 16.0 Å². The molecule has 1 amide bonds. The lowest BCUT2D eigenvalue weighted by molar-refractivity contribution is -0.384. The topological polar surface area (TPSA) is 187 Å². The summed E-state index contributed by atoms with van der Waals surface area (Å²) < 4.78 is 43.2. The summed E-state index contributed by atoms with van der Waals surface area (Å²) in [7, 11) is -3.90. The number of non-ortho nitro benzene ring substituents is 1. The Morgan fingerprint density at radius 3 is 2.44 bits per heavy atom. The van der Waals surface area contributed by atoms with Gasteiger partial charge in [0.05, 0.1) is 22.0 Å². The molecule has 13 nitrogen and oxygen atoms in total. The number of hydrogen-bond acceptors (Lipinski definition) is 10. The van der Waals surface area contributed by atoms with Gasteiger partial charge in [-0.1, -0.05) is 38.1 Å². The highest BCUT2D eigenvalue weighted by Gasteiger charge is 2.33. The fraction of sp³-hybridized carbons (Fsp3) is 0.345. The number of carbonyl (C=O) groups is 1. The number of amides is 1. The van der Waals surface area contributed by atoms with E-state index in [2.05, 4.69) is 10.6 Å². The zero-order valence-electron chi connectivity index (χ0n) is 23.5. The van der Waals surface area contributed by atoms with E-state index >= 15 is 0 Å². The lowest BCUT2D eigenvalue weighted by atomic mass is 10.0. The number of hydrogen-bond donors (Lipinski definition) is 4. The van der Waals surface area contributed by atoms with Gasteiger partial charge in [0.25, 0.3) is 5.69 Å². The molecule has 43 heavy (non-hydrogen) atoms. The van der Waals surface area contributed by atoms with E-state index in [1.807, 2.05) is 0 Å². The smallest absolute Gasteiger partial charge is 0.404 e. The van der Waals surface area contributed by atoms with Gasteiger partial charge in [-0.15, -0.1) is 0 Å². The number of aliphatic hydroxyl groups excluding tert-OH is 1. The highest BCUT2D eigenvalue weighted by Crippen LogP contribution is 2.35. The van der Waals surface area contributed by atoms with Crippen LogP contribution in [-0.2, 0) is 22.9 Å². The molecule has 14 heteroatoms. The molecule has 1 unspecified atom stereocenters. The molecule has 4 N–H and O–H groups in total. The van der Waals surface area contributed by atoms with Crippen molar-refractivity contribution in [2.75, 3.05) is 13.3 Å². The van der Waals surface area contributed by atoms with Crippen molar-refractivity contribution in [3.8, 4) is 17.2 Å². The van der Waals surface area contributed by atoms with Crippen LogP contribution in [0.15, 0.2) is 71.6 Å². The summed E-state index contributed by atoms with van der Waals surface area (Å²) in [5.41, 5.74) is 1.28. The minimum atomic E-state index is -3.90. The van der Waals surface area contributed by atoms with Crippen LogP contribution in [0.25, 0.3) is 0 Å². The summed E-state index contributed by atoms with van der Waals surface area (Å²) in [4.78, 5) is 22.0. The lowest BCUT2D eigenvalue weighted by Crippen LogP contribution is -2.51. The van der Waals surface area contributed by atoms with E-state index in [0.29, 0.717) is 28.4 Å². The van der Waals surface area contributed by atoms with E-state index in [4.69, 9.17) is 14.2 Å². The number of nitrogens with zero attached hydrogens (tertiary/aromatic N) is 1. The molecule has 0 fully saturated rings. The van der Waals surface area contributed by atoms with Crippen LogP contribution in [0.1, 0.15) is 25.0 Å². The van der Waals surface area contributed by atoms with Crippen molar-refractivity contribution >= 4 is 21.6 Å². The second-order valence-corrected chi connectivity index (χ2v) is 12.4. The Labute approximate surface area is 248 Å². The number of nitro benzene ring substituents is 1. The molecule has 230 valence electrons. The zero-order chi connectivity index (χ0) is 31.1. The molecule has 1 heterocycles. The van der Waals surface area contributed by atoms with Crippen molar-refractivity contribution < 1.29 is 42.6 Å². The van der Waals surface area contributed by atoms with Gasteiger partial charge in [-0.3, -0.25) is 15.4 Å². The summed E-state index contributed by atoms with van der Waals surface area (Å²) >= 11 is 0. The predicted octanol–water partition coefficient (Wildman–Crippen LogP) is 3.49. The lowest BCUT2D eigenvalue weighted by Gasteiger charge is -2.28. The average molecular weight is 616 g/mol. The number of aliphatic hydroxyl groups is 1. The molecule has 0 radical (unpaired) electrons. The molecular formula is C29H33N3O10S. The fourth-order valence-corrected chi connectivity index (χ4v) is 6.48. The van der Waals surface area contributed by atoms with Crippen LogP contribution >= 0.6 is 0 Å². The molecule has 1 aliphatic rings. The standard InChI is InChI=1S/C29H33N3O10S/c1-18(2)28(43(38,39)23-10-11-26-27(14-23)42-17-41-26)30-15-25(33)24(31-29(34)35)13-19-6-8-22(9-7-19)40-16-20-4-3-5-21(12-20)32(36)37/h3-12,14,18,24-25,28,30-31,33H,13,15-17H2,1-2H3,(H,34,35)/t24-,25+,28?/m0/s1. The molecule has 0 bridgehead atoms. The van der Waals surface area contributed by atoms with Gasteiger partial charge in [-0.2, -0.15) is 0 Å². The van der Waals surface area contributed by atoms with Gasteiger partial charge in [0.15, 0.2) is 21.3 Å². The summed E-state index contributed by atoms with van der Waals surface area (Å²) in [6, 6.07) is 16.3. The average Bonchev–Trinajstić information content (AvgIpc) is 3.44. The van der Waals surface area contributed by atoms with Crippen LogP contribution in [0.2, 0.25) is 0 Å². The number of nitrogens with one attached hydrogen (secondary N) is 2. The van der Waals surface area contributed by atoms with E-state index in [1.165, 1.54) is 30.3 Å². The minimum absolute atomic E-state index is 0.00501. The predicted molar refractivity (Wildman–Crippen MR) is 155 cm³/mol. The normalized spacial score (nSPS) is 14.6. The van der Waals surface area contributed by atoms with Gasteiger partial charge in [0.2, 0.25) is 6.79 Å². The molecule has 3 atom stereocenters. The van der Waals surface area contributed by atoms with Crippen molar-refractivity contribution in [1.82, 2.24) is 10.6 Å². The van der Waals surface area contributed by atoms with Crippen molar-refractivity contribution in [2.45, 2.75) is 49.3 Å². The third-order valence-corrected chi connectivity index (χ3v) is 9.11. The van der Waals surface area contributed by atoms with E-state index in [-0.39, 0.29) is 42.9 Å². The van der Waals surface area contributed by atoms with Gasteiger partial charge < -0.3 is 29.7 Å². The summed E-state index contributed by atoms with van der Waals surface area (Å²) in [5, 5.41) is 35.5. The highest BCUT2D eigenvalue weighted by molar-refractivity contribution is 7.92. The first kappa shape index (κ1) is 31.5. The monoisotopic (exact) mass is 615 g/mol. The second-order valence-electron chi connectivity index (χ2n) is 10.3. The molecule has 0 saturated heterocycles. The first-order chi connectivity index (χ1) is 20.4. The number of fused-ring (bicyclic) bond motifs is 1. The molecule has 4 rings (SSSR count). The van der Waals surface area contributed by atoms with Crippen LogP contribution in [0.5, 0.6) is 17.2 Å². The molecule has 0 aliphatic carbocycles. The third-order valence-electron chi connectivity index (χ3n) is 6.82. The Morgan fingerprint density at radius 1 is 1.05 bits per heavy atom. The van der Waals surface area contributed by atoms with E-state index in [1.54, 1.807) is 50.2 Å². The minimum Gasteiger partial charge on any atom is -0.489 e. The Balaban J connectivity index is 1.39. The molecule has 3 aromatic carbocycles. The third kappa shape index (κ3) is 8.12. The highest BCUT2D eigenvalue weighted by atomic mass is 32.2. The SMILES string of the molecule is CC(C)C(NC[C@@H](O)[C@H](Cc1ccc(OCc2cccc([N+](=O)[O-])c2)cc1)NC(=O)O)S(=O)(=O)c1ccc2c(c1)OCO2. The summed E-state index contributed by atoms with van der Waals surface area (Å²) in [6.07, 6.45) is -2.50. The maximum absolute atomic E-state index is 13.5. The molecule has 0 spiro atoms. The van der Waals surface area contributed by atoms with Crippen molar-refractivity contribution in [2.24, 2.45) is 5.92 Å². The molecule has 0 saturated carbocycles. The van der Waals surface area contributed by atoms with Crippen molar-refractivity contribution in [3.63, 3.8) is 0 Å². The van der Waals surface area contributed by atoms with Gasteiger partial charge >= 0.3 is 6.09 Å². The Morgan fingerprint density at radius 2 is 1.77 bits per heavy atom. The number of carboxylic acid groups (broad SMARTS) is 1. The Kier molecular flexibility index (Phi) is 10.1. The van der Waals surface area contributed by atoms with Crippen molar-refractivity contribution in [3.05, 3.63) is 88.0 Å². The zero-order valence-corrected chi connectivity index (χ0v) is 24.3. The molecule has 1 aliphatic heterocycles. The van der Waals surface area contributed by atoms with E-state index < -0.39 is 38.4 Å². The quantitative estimate of drug-likeness (QED) is 0.154. The maximum atomic E-state index is 13.5. The molecular weight excluding hydrogens is 582 g/mol. The summed E-state index contributed by atoms with van der Waals surface area (Å²) in [6.45, 7) is 3.36. The van der Waals surface area contributed by atoms with Gasteiger partial charge in [0, 0.05) is 24.7 Å². The van der Waals surface area contributed by atoms with E-state index in [0.717, 1.165) is 0 Å². The number of ether oxygens (including phenoxy) is 3. The molecule has 0 aromatic heterocycles. The van der Waals surface area contributed by atoms with Crippen LogP contribution in [0.3, 0.4) is 0 Å². The fourth-order valence-electron chi connectivity index (χ4n) is 4.63. The molecule has 3 aromatic rings. The van der Waals surface area contributed by atoms with Crippen LogP contribution in [0.4, 0.5) is 10.5 Å². The first-order valence-electron chi connectivity index (χ1n) is 13.4. The Bertz CT molecular complexity index is 1550. The Hall–Kier alpha value is -4.40. The summed E-state index contributed by atoms with van der Waals surface area (Å²) in [5.74, 6) is 0.889. The number of sulfone groups is 1. The largest absolute Gasteiger partial charge is 0.489 e. The van der Waals surface area contributed by atoms with Gasteiger partial charge in [-0.05, 0) is 47.7 Å². The number of nitro groups is 1. The van der Waals surface area contributed by atoms with Crippen molar-refractivity contribution in [1.29, 1.82) is 0 Å². The van der Waals surface area contributed by atoms with Crippen LogP contribution < -0.4 is 24.8 Å². The number of rotatable bonds is 14. The maximum Gasteiger partial charge on any atom is 0.404 e. The first-order valence-corrected chi connectivity index (χ1v) is 15.0. The van der Waals surface area contributed by atoms with Gasteiger partial charge in [0.1, 0.15) is 17.7 Å². The van der Waals surface area contributed by atoms with Crippen LogP contribution in [-0.4, -0.2) is 60.5 Å². The van der Waals surface area contributed by atoms with E-state index in [9.17, 15) is 33.5 Å².